The van der Waals surface area contributed by atoms with Crippen molar-refractivity contribution in [3.05, 3.63) is 35.9 Å². The molecule has 0 aliphatic rings. The zero-order chi connectivity index (χ0) is 5.82. The molecule has 0 aliphatic carbocycles. The van der Waals surface area contributed by atoms with Crippen LogP contribution < -0.4 is 0 Å². The number of aryl methyl sites for hydroxylation is 1. The van der Waals surface area contributed by atoms with Crippen LogP contribution in [-0.4, -0.2) is 0 Å². The quantitative estimate of drug-likeness (QED) is 0.447. The van der Waals surface area contributed by atoms with E-state index >= 15 is 0 Å². The molecule has 0 aromatic heterocycles. The molecule has 44 valence electrons. The Morgan fingerprint density at radius 3 is 2.67 bits per heavy atom. The second kappa shape index (κ2) is 4.70. The first-order valence-corrected chi connectivity index (χ1v) is 2.88. The van der Waals surface area contributed by atoms with Crippen molar-refractivity contribution in [3.63, 3.8) is 0 Å². The summed E-state index contributed by atoms with van der Waals surface area (Å²) < 4.78 is 0. The Bertz CT molecular complexity index is 146. The summed E-state index contributed by atoms with van der Waals surface area (Å²) in [4.78, 5) is 0. The third kappa shape index (κ3) is 2.76. The molecule has 0 N–H and O–H groups in total. The van der Waals surface area contributed by atoms with Crippen LogP contribution in [0.3, 0.4) is 0 Å². The predicted molar refractivity (Wildman–Crippen MR) is 34.7 cm³/mol. The molecule has 0 saturated heterocycles. The van der Waals surface area contributed by atoms with Gasteiger partial charge in [-0.2, -0.15) is 35.9 Å². The summed E-state index contributed by atoms with van der Waals surface area (Å²) in [5.41, 5.74) is 1.35. The largest absolute Gasteiger partial charge is 0.184 e. The van der Waals surface area contributed by atoms with Crippen molar-refractivity contribution in [1.29, 1.82) is 0 Å². The van der Waals surface area contributed by atoms with Crippen LogP contribution in [0.1, 0.15) is 12.5 Å². The molecule has 1 aromatic rings. The van der Waals surface area contributed by atoms with E-state index in [2.05, 4.69) is 19.1 Å². The van der Waals surface area contributed by atoms with Crippen molar-refractivity contribution in [2.45, 2.75) is 13.3 Å². The van der Waals surface area contributed by atoms with Crippen LogP contribution in [0.15, 0.2) is 24.3 Å². The first-order chi connectivity index (χ1) is 3.93. The maximum atomic E-state index is 3.01. The minimum atomic E-state index is 0. The van der Waals surface area contributed by atoms with Crippen LogP contribution in [0.2, 0.25) is 0 Å². The predicted octanol–water partition coefficient (Wildman–Crippen LogP) is 2.05. The summed E-state index contributed by atoms with van der Waals surface area (Å²) in [6, 6.07) is 11.1. The van der Waals surface area contributed by atoms with Crippen LogP contribution in [0.5, 0.6) is 0 Å². The summed E-state index contributed by atoms with van der Waals surface area (Å²) in [5.74, 6) is 0. The van der Waals surface area contributed by atoms with Crippen molar-refractivity contribution in [2.75, 3.05) is 0 Å². The zero-order valence-corrected chi connectivity index (χ0v) is 8.69. The molecular formula is C8H9Zn-. The van der Waals surface area contributed by atoms with Crippen LogP contribution in [0.25, 0.3) is 0 Å². The average molecular weight is 171 g/mol. The Morgan fingerprint density at radius 2 is 2.33 bits per heavy atom. The van der Waals surface area contributed by atoms with Gasteiger partial charge in [0.05, 0.1) is 0 Å². The van der Waals surface area contributed by atoms with Crippen LogP contribution >= 0.6 is 0 Å². The zero-order valence-electron chi connectivity index (χ0n) is 5.72. The van der Waals surface area contributed by atoms with E-state index in [4.69, 9.17) is 0 Å². The molecule has 0 nitrogen and oxygen atoms in total. The Kier molecular flexibility index (Phi) is 4.62. The summed E-state index contributed by atoms with van der Waals surface area (Å²) >= 11 is 0. The van der Waals surface area contributed by atoms with Gasteiger partial charge >= 0.3 is 0 Å². The van der Waals surface area contributed by atoms with Crippen molar-refractivity contribution in [3.8, 4) is 0 Å². The van der Waals surface area contributed by atoms with E-state index in [0.29, 0.717) is 0 Å². The van der Waals surface area contributed by atoms with E-state index < -0.39 is 0 Å². The Labute approximate surface area is 69.0 Å². The topological polar surface area (TPSA) is 0 Å². The van der Waals surface area contributed by atoms with E-state index in [1.165, 1.54) is 5.56 Å². The maximum Gasteiger partial charge on any atom is 0 e. The first kappa shape index (κ1) is 8.84. The summed E-state index contributed by atoms with van der Waals surface area (Å²) in [7, 11) is 0. The summed E-state index contributed by atoms with van der Waals surface area (Å²) in [5, 5.41) is 0. The van der Waals surface area contributed by atoms with Crippen LogP contribution in [-0.2, 0) is 25.9 Å². The molecular weight excluding hydrogens is 161 g/mol. The smallest absolute Gasteiger partial charge is 0 e. The molecule has 0 spiro atoms. The van der Waals surface area contributed by atoms with Crippen molar-refractivity contribution in [2.24, 2.45) is 0 Å². The summed E-state index contributed by atoms with van der Waals surface area (Å²) in [6.07, 6.45) is 1.11. The first-order valence-electron chi connectivity index (χ1n) is 2.88. The Hall–Kier alpha value is -0.157. The Morgan fingerprint density at radius 1 is 1.56 bits per heavy atom. The second-order valence-electron chi connectivity index (χ2n) is 1.77. The van der Waals surface area contributed by atoms with Crippen LogP contribution in [0.4, 0.5) is 0 Å². The van der Waals surface area contributed by atoms with Gasteiger partial charge in [0.25, 0.3) is 0 Å². The number of benzene rings is 1. The van der Waals surface area contributed by atoms with E-state index in [-0.39, 0.29) is 19.5 Å². The molecule has 0 atom stereocenters. The van der Waals surface area contributed by atoms with Gasteiger partial charge in [-0.05, 0) is 0 Å². The molecule has 0 bridgehead atoms. The van der Waals surface area contributed by atoms with E-state index in [0.717, 1.165) is 6.42 Å². The number of hydrogen-bond acceptors (Lipinski definition) is 0. The molecule has 1 aromatic carbocycles. The monoisotopic (exact) mass is 169 g/mol. The van der Waals surface area contributed by atoms with Gasteiger partial charge in [0.2, 0.25) is 0 Å². The van der Waals surface area contributed by atoms with E-state index in [9.17, 15) is 0 Å². The van der Waals surface area contributed by atoms with Gasteiger partial charge < -0.3 is 0 Å². The SMILES string of the molecule is CCc1c[c-]ccc1.[Zn]. The second-order valence-corrected chi connectivity index (χ2v) is 1.77. The third-order valence-corrected chi connectivity index (χ3v) is 1.18. The molecule has 0 amide bonds. The van der Waals surface area contributed by atoms with Gasteiger partial charge in [0.1, 0.15) is 0 Å². The van der Waals surface area contributed by atoms with Crippen molar-refractivity contribution >= 4 is 0 Å². The van der Waals surface area contributed by atoms with Gasteiger partial charge in [0.15, 0.2) is 0 Å². The minimum Gasteiger partial charge on any atom is -0.184 e. The standard InChI is InChI=1S/C8H9.Zn/c1-2-8-6-4-3-5-7-8;/h3-4,6-7H,2H2,1H3;/q-1;. The fourth-order valence-electron chi connectivity index (χ4n) is 0.650. The van der Waals surface area contributed by atoms with Crippen molar-refractivity contribution in [1.82, 2.24) is 0 Å². The van der Waals surface area contributed by atoms with Gasteiger partial charge in [0, 0.05) is 19.5 Å². The van der Waals surface area contributed by atoms with E-state index in [1.54, 1.807) is 0 Å². The van der Waals surface area contributed by atoms with Crippen LogP contribution in [0, 0.1) is 6.07 Å². The molecule has 0 unspecified atom stereocenters. The molecule has 0 radical (unpaired) electrons. The van der Waals surface area contributed by atoms with E-state index in [1.807, 2.05) is 18.2 Å². The molecule has 1 heteroatoms. The molecule has 0 aliphatic heterocycles. The summed E-state index contributed by atoms with van der Waals surface area (Å²) in [6.45, 7) is 2.14. The fraction of sp³-hybridized carbons (Fsp3) is 0.250. The fourth-order valence-corrected chi connectivity index (χ4v) is 0.650. The molecule has 0 saturated carbocycles. The average Bonchev–Trinajstić information content (AvgIpc) is 1.90. The molecule has 0 fully saturated rings. The third-order valence-electron chi connectivity index (χ3n) is 1.18. The van der Waals surface area contributed by atoms with Gasteiger partial charge in [-0.3, -0.25) is 0 Å². The Balaban J connectivity index is 0.000000640. The molecule has 0 heterocycles. The number of rotatable bonds is 1. The molecule has 1 rings (SSSR count). The van der Waals surface area contributed by atoms with Gasteiger partial charge in [-0.15, -0.1) is 0 Å². The normalized spacial score (nSPS) is 8.11. The molecule has 9 heavy (non-hydrogen) atoms. The minimum absolute atomic E-state index is 0. The van der Waals surface area contributed by atoms with Gasteiger partial charge in [-0.25, -0.2) is 0 Å². The van der Waals surface area contributed by atoms with Crippen molar-refractivity contribution < 1.29 is 19.5 Å². The maximum absolute atomic E-state index is 3.01. The number of hydrogen-bond donors (Lipinski definition) is 0. The van der Waals surface area contributed by atoms with Gasteiger partial charge in [-0.1, -0.05) is 13.3 Å².